The molecule has 3 aromatic heterocycles. The van der Waals surface area contributed by atoms with Crippen LogP contribution < -0.4 is 15.8 Å². The predicted molar refractivity (Wildman–Crippen MR) is 93.3 cm³/mol. The van der Waals surface area contributed by atoms with Gasteiger partial charge in [0.2, 0.25) is 5.88 Å². The highest BCUT2D eigenvalue weighted by atomic mass is 16.5. The molecular formula is C17H18N6O2. The molecule has 4 rings (SSSR count). The lowest BCUT2D eigenvalue weighted by Gasteiger charge is -2.12. The lowest BCUT2D eigenvalue weighted by atomic mass is 10.2. The van der Waals surface area contributed by atoms with Crippen molar-refractivity contribution in [2.75, 3.05) is 18.9 Å². The zero-order chi connectivity index (χ0) is 17.4. The molecular weight excluding hydrogens is 320 g/mol. The molecule has 0 saturated carbocycles. The highest BCUT2D eigenvalue weighted by molar-refractivity contribution is 6.01. The number of amides is 1. The number of carbonyl (C=O) groups is 1. The first-order valence-electron chi connectivity index (χ1n) is 8.22. The quantitative estimate of drug-likeness (QED) is 0.751. The Morgan fingerprint density at radius 1 is 1.40 bits per heavy atom. The highest BCUT2D eigenvalue weighted by Crippen LogP contribution is 2.30. The van der Waals surface area contributed by atoms with Gasteiger partial charge in [-0.15, -0.1) is 0 Å². The number of ether oxygens (including phenoxy) is 1. The minimum Gasteiger partial charge on any atom is -0.475 e. The van der Waals surface area contributed by atoms with Gasteiger partial charge in [0.15, 0.2) is 5.82 Å². The smallest absolute Gasteiger partial charge is 0.260 e. The summed E-state index contributed by atoms with van der Waals surface area (Å²) in [5.41, 5.74) is 8.91. The van der Waals surface area contributed by atoms with E-state index in [0.29, 0.717) is 19.0 Å². The Hall–Kier alpha value is -3.16. The minimum absolute atomic E-state index is 0.112. The van der Waals surface area contributed by atoms with Crippen LogP contribution in [0.25, 0.3) is 22.6 Å². The van der Waals surface area contributed by atoms with Crippen LogP contribution >= 0.6 is 0 Å². The Bertz CT molecular complexity index is 965. The van der Waals surface area contributed by atoms with Gasteiger partial charge in [-0.05, 0) is 24.6 Å². The van der Waals surface area contributed by atoms with Crippen LogP contribution in [0.2, 0.25) is 0 Å². The molecule has 8 heteroatoms. The number of nitrogens with two attached hydrogens (primary N) is 1. The lowest BCUT2D eigenvalue weighted by Crippen LogP contribution is -2.25. The molecule has 0 radical (unpaired) electrons. The van der Waals surface area contributed by atoms with E-state index in [2.05, 4.69) is 31.8 Å². The van der Waals surface area contributed by atoms with Crippen LogP contribution in [0, 0.1) is 0 Å². The molecule has 8 nitrogen and oxygen atoms in total. The molecule has 0 spiro atoms. The maximum Gasteiger partial charge on any atom is 0.260 e. The highest BCUT2D eigenvalue weighted by Gasteiger charge is 2.25. The summed E-state index contributed by atoms with van der Waals surface area (Å²) in [6.07, 6.45) is 2.70. The van der Waals surface area contributed by atoms with E-state index in [1.807, 2.05) is 18.2 Å². The van der Waals surface area contributed by atoms with Crippen molar-refractivity contribution in [2.24, 2.45) is 0 Å². The topological polar surface area (TPSA) is 108 Å². The average Bonchev–Trinajstić information content (AvgIpc) is 2.86. The van der Waals surface area contributed by atoms with Crippen molar-refractivity contribution < 1.29 is 9.53 Å². The van der Waals surface area contributed by atoms with Crippen LogP contribution in [0.4, 0.5) is 5.82 Å². The second-order valence-corrected chi connectivity index (χ2v) is 5.81. The minimum atomic E-state index is -0.313. The van der Waals surface area contributed by atoms with Gasteiger partial charge in [-0.1, -0.05) is 6.92 Å². The summed E-state index contributed by atoms with van der Waals surface area (Å²) in [5, 5.41) is 2.71. The molecule has 1 aliphatic rings. The number of hydrogen-bond donors (Lipinski definition) is 2. The zero-order valence-corrected chi connectivity index (χ0v) is 13.8. The van der Waals surface area contributed by atoms with E-state index >= 15 is 0 Å². The first-order valence-corrected chi connectivity index (χ1v) is 8.22. The van der Waals surface area contributed by atoms with E-state index in [0.717, 1.165) is 29.7 Å². The Balaban J connectivity index is 1.92. The molecule has 0 bridgehead atoms. The third-order valence-electron chi connectivity index (χ3n) is 4.10. The maximum absolute atomic E-state index is 12.1. The molecule has 0 saturated heterocycles. The zero-order valence-electron chi connectivity index (χ0n) is 13.8. The van der Waals surface area contributed by atoms with Gasteiger partial charge in [-0.2, -0.15) is 4.98 Å². The molecule has 0 fully saturated rings. The Morgan fingerprint density at radius 3 is 3.12 bits per heavy atom. The first kappa shape index (κ1) is 15.4. The van der Waals surface area contributed by atoms with Gasteiger partial charge in [0, 0.05) is 12.7 Å². The van der Waals surface area contributed by atoms with Gasteiger partial charge in [-0.25, -0.2) is 4.98 Å². The van der Waals surface area contributed by atoms with Crippen molar-refractivity contribution in [1.82, 2.24) is 24.8 Å². The average molecular weight is 338 g/mol. The number of nitrogens with zero attached hydrogens (tertiary/aromatic N) is 4. The predicted octanol–water partition coefficient (Wildman–Crippen LogP) is 1.61. The normalized spacial score (nSPS) is 13.9. The van der Waals surface area contributed by atoms with Crippen LogP contribution in [0.5, 0.6) is 5.88 Å². The molecule has 1 aliphatic heterocycles. The van der Waals surface area contributed by atoms with Crippen molar-refractivity contribution in [1.29, 1.82) is 0 Å². The summed E-state index contributed by atoms with van der Waals surface area (Å²) < 4.78 is 7.71. The van der Waals surface area contributed by atoms with Gasteiger partial charge in [-0.3, -0.25) is 9.78 Å². The molecule has 1 amide bonds. The number of rotatable bonds is 3. The molecule has 0 aliphatic carbocycles. The molecule has 0 aromatic carbocycles. The fraction of sp³-hybridized carbons (Fsp3) is 0.294. The number of nitrogens with one attached hydrogen (secondary N) is 1. The van der Waals surface area contributed by atoms with Gasteiger partial charge in [0.1, 0.15) is 18.0 Å². The number of nitrogen functional groups attached to an aromatic ring is 1. The lowest BCUT2D eigenvalue weighted by molar-refractivity contribution is 0.0957. The number of aryl methyl sites for hydroxylation is 1. The number of pyridine rings is 1. The second kappa shape index (κ2) is 6.04. The van der Waals surface area contributed by atoms with Gasteiger partial charge < -0.3 is 20.4 Å². The summed E-state index contributed by atoms with van der Waals surface area (Å²) in [7, 11) is 0. The second-order valence-electron chi connectivity index (χ2n) is 5.81. The number of hydrogen-bond acceptors (Lipinski definition) is 6. The van der Waals surface area contributed by atoms with E-state index in [-0.39, 0.29) is 23.2 Å². The van der Waals surface area contributed by atoms with Crippen LogP contribution in [0.3, 0.4) is 0 Å². The molecule has 0 atom stereocenters. The van der Waals surface area contributed by atoms with Crippen molar-refractivity contribution in [3.05, 3.63) is 30.0 Å². The molecule has 0 unspecified atom stereocenters. The van der Waals surface area contributed by atoms with Gasteiger partial charge >= 0.3 is 0 Å². The van der Waals surface area contributed by atoms with Crippen LogP contribution in [0.15, 0.2) is 24.4 Å². The van der Waals surface area contributed by atoms with E-state index in [1.165, 1.54) is 0 Å². The van der Waals surface area contributed by atoms with Crippen LogP contribution in [-0.4, -0.2) is 38.6 Å². The summed E-state index contributed by atoms with van der Waals surface area (Å²) >= 11 is 0. The summed E-state index contributed by atoms with van der Waals surface area (Å²) in [5.74, 6) is 0.448. The van der Waals surface area contributed by atoms with Gasteiger partial charge in [0.25, 0.3) is 5.91 Å². The van der Waals surface area contributed by atoms with Crippen molar-refractivity contribution in [2.45, 2.75) is 19.9 Å². The number of carbonyl (C=O) groups excluding carboxylic acids is 1. The summed E-state index contributed by atoms with van der Waals surface area (Å²) in [6, 6.07) is 5.85. The summed E-state index contributed by atoms with van der Waals surface area (Å²) in [4.78, 5) is 25.4. The van der Waals surface area contributed by atoms with E-state index in [9.17, 15) is 4.79 Å². The molecule has 25 heavy (non-hydrogen) atoms. The van der Waals surface area contributed by atoms with E-state index < -0.39 is 0 Å². The SMILES string of the molecule is CCCn1c(-c2nc(N)c3c(n2)OCCNC3=O)cc2ncccc21. The van der Waals surface area contributed by atoms with Crippen molar-refractivity contribution in [3.63, 3.8) is 0 Å². The first-order chi connectivity index (χ1) is 12.2. The number of aromatic nitrogens is 4. The molecule has 3 N–H and O–H groups in total. The van der Waals surface area contributed by atoms with Gasteiger partial charge in [0.05, 0.1) is 23.3 Å². The molecule has 128 valence electrons. The Morgan fingerprint density at radius 2 is 2.28 bits per heavy atom. The maximum atomic E-state index is 12.1. The van der Waals surface area contributed by atoms with Crippen LogP contribution in [-0.2, 0) is 6.54 Å². The van der Waals surface area contributed by atoms with Crippen LogP contribution in [0.1, 0.15) is 23.7 Å². The third kappa shape index (κ3) is 2.55. The monoisotopic (exact) mass is 338 g/mol. The molecule has 3 aromatic rings. The number of anilines is 1. The third-order valence-corrected chi connectivity index (χ3v) is 4.10. The largest absolute Gasteiger partial charge is 0.475 e. The standard InChI is InChI=1S/C17H18N6O2/c1-2-7-23-11-4-3-5-19-10(11)9-12(23)15-21-14(18)13-16(24)20-6-8-25-17(13)22-15/h3-5,9H,2,6-8H2,1H3,(H,20,24)(H2,18,21,22). The van der Waals surface area contributed by atoms with Crippen molar-refractivity contribution >= 4 is 22.8 Å². The van der Waals surface area contributed by atoms with E-state index in [4.69, 9.17) is 10.5 Å². The van der Waals surface area contributed by atoms with Crippen molar-refractivity contribution in [3.8, 4) is 17.4 Å². The Kier molecular flexibility index (Phi) is 3.72. The fourth-order valence-electron chi connectivity index (χ4n) is 3.03. The Labute approximate surface area is 144 Å². The molecule has 4 heterocycles. The van der Waals surface area contributed by atoms with E-state index in [1.54, 1.807) is 6.20 Å². The number of fused-ring (bicyclic) bond motifs is 2. The fourth-order valence-corrected chi connectivity index (χ4v) is 3.03. The summed E-state index contributed by atoms with van der Waals surface area (Å²) in [6.45, 7) is 3.65.